The van der Waals surface area contributed by atoms with E-state index in [-0.39, 0.29) is 11.9 Å². The second-order valence-corrected chi connectivity index (χ2v) is 5.94. The maximum atomic E-state index is 12.2. The third-order valence-corrected chi connectivity index (χ3v) is 4.36. The first-order valence-electron chi connectivity index (χ1n) is 7.40. The number of hydrogen-bond acceptors (Lipinski definition) is 2. The van der Waals surface area contributed by atoms with Crippen LogP contribution in [-0.2, 0) is 0 Å². The highest BCUT2D eigenvalue weighted by molar-refractivity contribution is 5.94. The number of benzene rings is 1. The van der Waals surface area contributed by atoms with Crippen LogP contribution in [0.25, 0.3) is 0 Å². The van der Waals surface area contributed by atoms with Crippen LogP contribution in [0.15, 0.2) is 24.3 Å². The highest BCUT2D eigenvalue weighted by Crippen LogP contribution is 2.39. The molecule has 2 saturated carbocycles. The van der Waals surface area contributed by atoms with Gasteiger partial charge in [-0.15, -0.1) is 0 Å². The smallest absolute Gasteiger partial charge is 0.251 e. The zero-order chi connectivity index (χ0) is 13.2. The van der Waals surface area contributed by atoms with Crippen molar-refractivity contribution in [3.63, 3.8) is 0 Å². The molecule has 3 rings (SSSR count). The minimum absolute atomic E-state index is 0.0722. The van der Waals surface area contributed by atoms with Crippen molar-refractivity contribution in [2.24, 2.45) is 5.73 Å². The molecular weight excluding hydrogens is 236 g/mol. The van der Waals surface area contributed by atoms with E-state index in [1.807, 2.05) is 18.2 Å². The lowest BCUT2D eigenvalue weighted by Crippen LogP contribution is -2.36. The first-order valence-corrected chi connectivity index (χ1v) is 7.40. The molecule has 3 N–H and O–H groups in total. The molecule has 2 aliphatic carbocycles. The quantitative estimate of drug-likeness (QED) is 0.875. The van der Waals surface area contributed by atoms with Gasteiger partial charge in [0.05, 0.1) is 0 Å². The molecule has 102 valence electrons. The van der Waals surface area contributed by atoms with E-state index in [0.717, 1.165) is 24.8 Å². The fraction of sp³-hybridized carbons (Fsp3) is 0.562. The number of nitrogens with one attached hydrogen (secondary N) is 1. The van der Waals surface area contributed by atoms with E-state index < -0.39 is 0 Å². The topological polar surface area (TPSA) is 55.1 Å². The molecule has 0 bridgehead atoms. The summed E-state index contributed by atoms with van der Waals surface area (Å²) in [5, 5.41) is 3.16. The van der Waals surface area contributed by atoms with Crippen molar-refractivity contribution in [1.29, 1.82) is 0 Å². The SMILES string of the molecule is NC1CC1c1cccc(C(=O)NC2CCCCC2)c1. The molecule has 1 amide bonds. The van der Waals surface area contributed by atoms with Gasteiger partial charge in [-0.2, -0.15) is 0 Å². The summed E-state index contributed by atoms with van der Waals surface area (Å²) in [7, 11) is 0. The second-order valence-electron chi connectivity index (χ2n) is 5.94. The summed E-state index contributed by atoms with van der Waals surface area (Å²) in [5.41, 5.74) is 7.87. The van der Waals surface area contributed by atoms with Crippen molar-refractivity contribution in [3.05, 3.63) is 35.4 Å². The molecule has 2 aliphatic rings. The van der Waals surface area contributed by atoms with Gasteiger partial charge in [0.25, 0.3) is 5.91 Å². The van der Waals surface area contributed by atoms with Crippen molar-refractivity contribution in [2.75, 3.05) is 0 Å². The Morgan fingerprint density at radius 3 is 2.63 bits per heavy atom. The van der Waals surface area contributed by atoms with E-state index in [9.17, 15) is 4.79 Å². The molecule has 2 fully saturated rings. The Balaban J connectivity index is 1.65. The van der Waals surface area contributed by atoms with Crippen molar-refractivity contribution in [2.45, 2.75) is 56.5 Å². The van der Waals surface area contributed by atoms with Gasteiger partial charge >= 0.3 is 0 Å². The van der Waals surface area contributed by atoms with Gasteiger partial charge in [-0.05, 0) is 37.0 Å². The van der Waals surface area contributed by atoms with Gasteiger partial charge in [0.1, 0.15) is 0 Å². The minimum atomic E-state index is 0.0722. The van der Waals surface area contributed by atoms with Crippen LogP contribution in [0.5, 0.6) is 0 Å². The number of rotatable bonds is 3. The lowest BCUT2D eigenvalue weighted by Gasteiger charge is -2.22. The Hall–Kier alpha value is -1.35. The molecule has 0 aromatic heterocycles. The average Bonchev–Trinajstić information content (AvgIpc) is 3.17. The zero-order valence-corrected chi connectivity index (χ0v) is 11.3. The fourth-order valence-corrected chi connectivity index (χ4v) is 3.02. The van der Waals surface area contributed by atoms with Crippen LogP contribution in [0.2, 0.25) is 0 Å². The maximum Gasteiger partial charge on any atom is 0.251 e. The summed E-state index contributed by atoms with van der Waals surface area (Å²) < 4.78 is 0. The number of amides is 1. The molecule has 0 aliphatic heterocycles. The average molecular weight is 258 g/mol. The Morgan fingerprint density at radius 1 is 1.21 bits per heavy atom. The van der Waals surface area contributed by atoms with Crippen molar-refractivity contribution >= 4 is 5.91 Å². The maximum absolute atomic E-state index is 12.2. The van der Waals surface area contributed by atoms with Crippen molar-refractivity contribution in [3.8, 4) is 0 Å². The Bertz CT molecular complexity index is 466. The number of nitrogens with two attached hydrogens (primary N) is 1. The van der Waals surface area contributed by atoms with Gasteiger partial charge in [-0.1, -0.05) is 31.4 Å². The van der Waals surface area contributed by atoms with E-state index in [4.69, 9.17) is 5.73 Å². The van der Waals surface area contributed by atoms with Gasteiger partial charge in [-0.3, -0.25) is 4.79 Å². The molecule has 2 unspecified atom stereocenters. The van der Waals surface area contributed by atoms with Gasteiger partial charge in [-0.25, -0.2) is 0 Å². The molecular formula is C16H22N2O. The summed E-state index contributed by atoms with van der Waals surface area (Å²) in [6.45, 7) is 0. The first-order chi connectivity index (χ1) is 9.24. The molecule has 0 spiro atoms. The monoisotopic (exact) mass is 258 g/mol. The number of hydrogen-bond donors (Lipinski definition) is 2. The highest BCUT2D eigenvalue weighted by Gasteiger charge is 2.35. The van der Waals surface area contributed by atoms with E-state index >= 15 is 0 Å². The van der Waals surface area contributed by atoms with Crippen LogP contribution in [0.3, 0.4) is 0 Å². The molecule has 0 heterocycles. The van der Waals surface area contributed by atoms with Gasteiger partial charge in [0, 0.05) is 23.6 Å². The molecule has 0 saturated heterocycles. The fourth-order valence-electron chi connectivity index (χ4n) is 3.02. The molecule has 19 heavy (non-hydrogen) atoms. The highest BCUT2D eigenvalue weighted by atomic mass is 16.1. The van der Waals surface area contributed by atoms with Crippen LogP contribution in [-0.4, -0.2) is 18.0 Å². The summed E-state index contributed by atoms with van der Waals surface area (Å²) in [6, 6.07) is 8.61. The van der Waals surface area contributed by atoms with Crippen molar-refractivity contribution in [1.82, 2.24) is 5.32 Å². The van der Waals surface area contributed by atoms with Crippen LogP contribution in [0, 0.1) is 0 Å². The van der Waals surface area contributed by atoms with E-state index in [1.165, 1.54) is 24.8 Å². The van der Waals surface area contributed by atoms with Crippen LogP contribution < -0.4 is 11.1 Å². The van der Waals surface area contributed by atoms with Gasteiger partial charge in [0.2, 0.25) is 0 Å². The molecule has 0 radical (unpaired) electrons. The van der Waals surface area contributed by atoms with Crippen LogP contribution >= 0.6 is 0 Å². The minimum Gasteiger partial charge on any atom is -0.349 e. The predicted molar refractivity (Wildman–Crippen MR) is 76.1 cm³/mol. The van der Waals surface area contributed by atoms with E-state index in [2.05, 4.69) is 11.4 Å². The number of carbonyl (C=O) groups excluding carboxylic acids is 1. The van der Waals surface area contributed by atoms with Crippen molar-refractivity contribution < 1.29 is 4.79 Å². The normalized spacial score (nSPS) is 27.0. The Labute approximate surface area is 114 Å². The zero-order valence-electron chi connectivity index (χ0n) is 11.3. The summed E-state index contributed by atoms with van der Waals surface area (Å²) in [6.07, 6.45) is 7.08. The third-order valence-electron chi connectivity index (χ3n) is 4.36. The first kappa shape index (κ1) is 12.7. The summed E-state index contributed by atoms with van der Waals surface area (Å²) in [5.74, 6) is 0.533. The Kier molecular flexibility index (Phi) is 3.56. The van der Waals surface area contributed by atoms with Gasteiger partial charge in [0.15, 0.2) is 0 Å². The standard InChI is InChI=1S/C16H22N2O/c17-15-10-14(15)11-5-4-6-12(9-11)16(19)18-13-7-2-1-3-8-13/h4-6,9,13-15H,1-3,7-8,10,17H2,(H,18,19). The lowest BCUT2D eigenvalue weighted by atomic mass is 9.95. The van der Waals surface area contributed by atoms with E-state index in [1.54, 1.807) is 0 Å². The molecule has 3 nitrogen and oxygen atoms in total. The second kappa shape index (κ2) is 5.33. The van der Waals surface area contributed by atoms with Crippen LogP contribution in [0.1, 0.15) is 60.4 Å². The molecule has 1 aromatic carbocycles. The van der Waals surface area contributed by atoms with E-state index in [0.29, 0.717) is 12.0 Å². The third kappa shape index (κ3) is 2.98. The molecule has 1 aromatic rings. The molecule has 3 heteroatoms. The number of carbonyl (C=O) groups is 1. The predicted octanol–water partition coefficient (Wildman–Crippen LogP) is 2.56. The largest absolute Gasteiger partial charge is 0.349 e. The van der Waals surface area contributed by atoms with Gasteiger partial charge < -0.3 is 11.1 Å². The summed E-state index contributed by atoms with van der Waals surface area (Å²) >= 11 is 0. The van der Waals surface area contributed by atoms with Crippen LogP contribution in [0.4, 0.5) is 0 Å². The summed E-state index contributed by atoms with van der Waals surface area (Å²) in [4.78, 5) is 12.2. The Morgan fingerprint density at radius 2 is 1.95 bits per heavy atom. The lowest BCUT2D eigenvalue weighted by molar-refractivity contribution is 0.0927. The molecule has 2 atom stereocenters.